The maximum Gasteiger partial charge on any atom is 0.256 e. The lowest BCUT2D eigenvalue weighted by Gasteiger charge is -2.22. The van der Waals surface area contributed by atoms with Crippen molar-refractivity contribution in [1.82, 2.24) is 9.88 Å². The molecule has 170 valence electrons. The number of rotatable bonds is 6. The lowest BCUT2D eigenvalue weighted by atomic mass is 10.0. The van der Waals surface area contributed by atoms with Gasteiger partial charge in [-0.1, -0.05) is 60.7 Å². The molecule has 0 saturated carbocycles. The van der Waals surface area contributed by atoms with Crippen LogP contribution >= 0.6 is 0 Å². The van der Waals surface area contributed by atoms with Crippen molar-refractivity contribution in [1.29, 1.82) is 0 Å². The van der Waals surface area contributed by atoms with Crippen LogP contribution in [-0.4, -0.2) is 34.3 Å². The molecule has 34 heavy (non-hydrogen) atoms. The molecule has 0 radical (unpaired) electrons. The van der Waals surface area contributed by atoms with Crippen molar-refractivity contribution >= 4 is 28.4 Å². The average Bonchev–Trinajstić information content (AvgIpc) is 3.32. The molecule has 2 amide bonds. The summed E-state index contributed by atoms with van der Waals surface area (Å²) in [5.41, 5.74) is 10.3. The topological polar surface area (TPSA) is 88.3 Å². The molecular formula is C28H26N4O2. The number of fused-ring (bicyclic) bond motifs is 1. The number of nitrogens with two attached hydrogens (primary N) is 1. The molecule has 6 heteroatoms. The summed E-state index contributed by atoms with van der Waals surface area (Å²) in [5, 5.41) is 3.85. The van der Waals surface area contributed by atoms with Crippen molar-refractivity contribution in [3.05, 3.63) is 96.1 Å². The third kappa shape index (κ3) is 4.54. The van der Waals surface area contributed by atoms with E-state index in [4.69, 9.17) is 10.7 Å². The Balaban J connectivity index is 1.42. The Morgan fingerprint density at radius 3 is 2.59 bits per heavy atom. The van der Waals surface area contributed by atoms with Gasteiger partial charge in [0.15, 0.2) is 0 Å². The summed E-state index contributed by atoms with van der Waals surface area (Å²) in [5.74, 6) is -0.468. The third-order valence-electron chi connectivity index (χ3n) is 6.29. The van der Waals surface area contributed by atoms with Crippen molar-refractivity contribution in [2.45, 2.75) is 25.4 Å². The number of likely N-dealkylation sites (tertiary alicyclic amines) is 1. The van der Waals surface area contributed by atoms with Crippen molar-refractivity contribution in [2.24, 2.45) is 5.73 Å². The van der Waals surface area contributed by atoms with Gasteiger partial charge in [0.2, 0.25) is 5.91 Å². The average molecular weight is 451 g/mol. The Kier molecular flexibility index (Phi) is 6.06. The number of carbonyl (C=O) groups is 2. The van der Waals surface area contributed by atoms with E-state index in [1.807, 2.05) is 84.9 Å². The Hall–Kier alpha value is -4.03. The molecule has 0 spiro atoms. The first-order valence-corrected chi connectivity index (χ1v) is 11.5. The molecule has 3 N–H and O–H groups in total. The van der Waals surface area contributed by atoms with Crippen LogP contribution in [0.3, 0.4) is 0 Å². The van der Waals surface area contributed by atoms with Crippen LogP contribution in [0.25, 0.3) is 22.2 Å². The molecule has 1 aliphatic heterocycles. The normalized spacial score (nSPS) is 15.9. The molecule has 1 unspecified atom stereocenters. The number of carbonyl (C=O) groups excluding carboxylic acids is 2. The second-order valence-corrected chi connectivity index (χ2v) is 8.62. The zero-order chi connectivity index (χ0) is 23.5. The monoisotopic (exact) mass is 450 g/mol. The molecular weight excluding hydrogens is 424 g/mol. The molecule has 0 aliphatic carbocycles. The van der Waals surface area contributed by atoms with E-state index >= 15 is 0 Å². The molecule has 1 fully saturated rings. The predicted molar refractivity (Wildman–Crippen MR) is 134 cm³/mol. The van der Waals surface area contributed by atoms with E-state index in [2.05, 4.69) is 10.2 Å². The summed E-state index contributed by atoms with van der Waals surface area (Å²) in [6.07, 6.45) is 1.76. The first-order chi connectivity index (χ1) is 16.6. The van der Waals surface area contributed by atoms with Gasteiger partial charge in [-0.15, -0.1) is 0 Å². The van der Waals surface area contributed by atoms with Crippen molar-refractivity contribution < 1.29 is 9.59 Å². The number of aromatic nitrogens is 1. The van der Waals surface area contributed by atoms with Crippen LogP contribution in [0, 0.1) is 0 Å². The van der Waals surface area contributed by atoms with Crippen LogP contribution < -0.4 is 11.1 Å². The van der Waals surface area contributed by atoms with Crippen LogP contribution in [0.4, 0.5) is 5.69 Å². The number of nitrogens with one attached hydrogen (secondary N) is 1. The van der Waals surface area contributed by atoms with Crippen molar-refractivity contribution in [2.75, 3.05) is 11.9 Å². The fourth-order valence-electron chi connectivity index (χ4n) is 4.64. The highest BCUT2D eigenvalue weighted by molar-refractivity contribution is 6.13. The van der Waals surface area contributed by atoms with Gasteiger partial charge in [0.1, 0.15) is 0 Å². The van der Waals surface area contributed by atoms with Gasteiger partial charge < -0.3 is 11.1 Å². The maximum absolute atomic E-state index is 13.4. The highest BCUT2D eigenvalue weighted by Crippen LogP contribution is 2.26. The molecule has 5 rings (SSSR count). The lowest BCUT2D eigenvalue weighted by molar-refractivity contribution is -0.122. The van der Waals surface area contributed by atoms with E-state index in [0.717, 1.165) is 47.1 Å². The van der Waals surface area contributed by atoms with Gasteiger partial charge in [0.05, 0.1) is 22.8 Å². The highest BCUT2D eigenvalue weighted by atomic mass is 16.2. The first kappa shape index (κ1) is 21.8. The number of hydrogen-bond acceptors (Lipinski definition) is 4. The molecule has 6 nitrogen and oxygen atoms in total. The van der Waals surface area contributed by atoms with Crippen molar-refractivity contribution in [3.63, 3.8) is 0 Å². The number of pyridine rings is 1. The predicted octanol–water partition coefficient (Wildman–Crippen LogP) is 4.60. The zero-order valence-corrected chi connectivity index (χ0v) is 18.8. The Bertz CT molecular complexity index is 1350. The standard InChI is InChI=1S/C28H26N4O2/c29-27(33)26-14-7-15-32(26)18-19-8-6-11-21(16-19)30-28(34)23-17-25(20-9-2-1-3-10-20)31-24-13-5-4-12-22(23)24/h1-6,8-13,16-17,26H,7,14-15,18H2,(H2,29,33)(H,30,34). The number of primary amides is 1. The molecule has 0 bridgehead atoms. The highest BCUT2D eigenvalue weighted by Gasteiger charge is 2.28. The summed E-state index contributed by atoms with van der Waals surface area (Å²) in [6, 6.07) is 26.9. The summed E-state index contributed by atoms with van der Waals surface area (Å²) in [4.78, 5) is 32.0. The van der Waals surface area contributed by atoms with Gasteiger partial charge in [-0.2, -0.15) is 0 Å². The number of nitrogens with zero attached hydrogens (tertiary/aromatic N) is 2. The van der Waals surface area contributed by atoms with Crippen LogP contribution in [0.2, 0.25) is 0 Å². The number of para-hydroxylation sites is 1. The molecule has 4 aromatic rings. The number of amides is 2. The van der Waals surface area contributed by atoms with Crippen LogP contribution in [0.5, 0.6) is 0 Å². The SMILES string of the molecule is NC(=O)C1CCCN1Cc1cccc(NC(=O)c2cc(-c3ccccc3)nc3ccccc23)c1. The van der Waals surface area contributed by atoms with E-state index in [0.29, 0.717) is 17.8 Å². The Morgan fingerprint density at radius 2 is 1.76 bits per heavy atom. The second-order valence-electron chi connectivity index (χ2n) is 8.62. The van der Waals surface area contributed by atoms with Gasteiger partial charge in [-0.05, 0) is 49.2 Å². The number of hydrogen-bond donors (Lipinski definition) is 2. The van der Waals surface area contributed by atoms with E-state index in [-0.39, 0.29) is 17.9 Å². The van der Waals surface area contributed by atoms with E-state index in [9.17, 15) is 9.59 Å². The van der Waals surface area contributed by atoms with Crippen LogP contribution in [-0.2, 0) is 11.3 Å². The minimum Gasteiger partial charge on any atom is -0.368 e. The van der Waals surface area contributed by atoms with Crippen LogP contribution in [0.1, 0.15) is 28.8 Å². The second kappa shape index (κ2) is 9.45. The first-order valence-electron chi connectivity index (χ1n) is 11.5. The molecule has 1 atom stereocenters. The van der Waals surface area contributed by atoms with Gasteiger partial charge in [-0.3, -0.25) is 14.5 Å². The minimum atomic E-state index is -0.277. The third-order valence-corrected chi connectivity index (χ3v) is 6.29. The van der Waals surface area contributed by atoms with Crippen molar-refractivity contribution in [3.8, 4) is 11.3 Å². The van der Waals surface area contributed by atoms with Crippen LogP contribution in [0.15, 0.2) is 84.9 Å². The van der Waals surface area contributed by atoms with Gasteiger partial charge in [0, 0.05) is 23.2 Å². The fourth-order valence-corrected chi connectivity index (χ4v) is 4.64. The number of anilines is 1. The van der Waals surface area contributed by atoms with E-state index < -0.39 is 0 Å². The van der Waals surface area contributed by atoms with E-state index in [1.54, 1.807) is 0 Å². The zero-order valence-electron chi connectivity index (χ0n) is 18.8. The van der Waals surface area contributed by atoms with Gasteiger partial charge in [-0.25, -0.2) is 4.98 Å². The molecule has 1 aliphatic rings. The largest absolute Gasteiger partial charge is 0.368 e. The number of benzene rings is 3. The fraction of sp³-hybridized carbons (Fsp3) is 0.179. The van der Waals surface area contributed by atoms with E-state index in [1.165, 1.54) is 0 Å². The maximum atomic E-state index is 13.4. The lowest BCUT2D eigenvalue weighted by Crippen LogP contribution is -2.39. The Labute approximate surface area is 198 Å². The summed E-state index contributed by atoms with van der Waals surface area (Å²) < 4.78 is 0. The van der Waals surface area contributed by atoms with Gasteiger partial charge >= 0.3 is 0 Å². The Morgan fingerprint density at radius 1 is 0.971 bits per heavy atom. The summed E-state index contributed by atoms with van der Waals surface area (Å²) >= 11 is 0. The summed E-state index contributed by atoms with van der Waals surface area (Å²) in [6.45, 7) is 1.46. The summed E-state index contributed by atoms with van der Waals surface area (Å²) in [7, 11) is 0. The molecule has 1 saturated heterocycles. The minimum absolute atomic E-state index is 0.191. The smallest absolute Gasteiger partial charge is 0.256 e. The molecule has 2 heterocycles. The van der Waals surface area contributed by atoms with Gasteiger partial charge in [0.25, 0.3) is 5.91 Å². The molecule has 1 aromatic heterocycles. The quantitative estimate of drug-likeness (QED) is 0.449. The molecule has 3 aromatic carbocycles.